The Balaban J connectivity index is 1.90. The van der Waals surface area contributed by atoms with Gasteiger partial charge in [0.2, 0.25) is 0 Å². The minimum absolute atomic E-state index is 0.00181. The summed E-state index contributed by atoms with van der Waals surface area (Å²) in [5, 5.41) is 21.1. The van der Waals surface area contributed by atoms with Gasteiger partial charge >= 0.3 is 0 Å². The summed E-state index contributed by atoms with van der Waals surface area (Å²) in [7, 11) is 0. The molecule has 2 aromatic carbocycles. The van der Waals surface area contributed by atoms with Gasteiger partial charge in [-0.3, -0.25) is 10.1 Å². The van der Waals surface area contributed by atoms with Gasteiger partial charge in [0, 0.05) is 22.7 Å². The molecule has 1 heterocycles. The quantitative estimate of drug-likeness (QED) is 0.391. The van der Waals surface area contributed by atoms with E-state index in [-0.39, 0.29) is 11.4 Å². The van der Waals surface area contributed by atoms with Crippen molar-refractivity contribution < 1.29 is 14.4 Å². The molecule has 0 fully saturated rings. The third kappa shape index (κ3) is 3.70. The van der Waals surface area contributed by atoms with Gasteiger partial charge in [0.05, 0.1) is 11.1 Å². The van der Waals surface area contributed by atoms with Crippen LogP contribution in [0.3, 0.4) is 0 Å². The second kappa shape index (κ2) is 6.78. The minimum Gasteiger partial charge on any atom is -0.506 e. The number of benzene rings is 2. The Labute approximate surface area is 148 Å². The molecule has 0 bridgehead atoms. The first kappa shape index (κ1) is 16.7. The first-order chi connectivity index (χ1) is 11.9. The summed E-state index contributed by atoms with van der Waals surface area (Å²) in [6, 6.07) is 12.5. The normalized spacial score (nSPS) is 11.1. The lowest BCUT2D eigenvalue weighted by molar-refractivity contribution is -0.384. The van der Waals surface area contributed by atoms with Crippen molar-refractivity contribution in [1.82, 2.24) is 0 Å². The summed E-state index contributed by atoms with van der Waals surface area (Å²) in [5.74, 6) is 0.945. The van der Waals surface area contributed by atoms with Gasteiger partial charge in [-0.2, -0.15) is 0 Å². The minimum atomic E-state index is -0.448. The molecule has 0 aliphatic carbocycles. The number of furan rings is 1. The molecule has 0 atom stereocenters. The van der Waals surface area contributed by atoms with Crippen molar-refractivity contribution in [1.29, 1.82) is 0 Å². The van der Waals surface area contributed by atoms with Crippen molar-refractivity contribution in [2.24, 2.45) is 4.99 Å². The van der Waals surface area contributed by atoms with Gasteiger partial charge in [0.1, 0.15) is 23.0 Å². The van der Waals surface area contributed by atoms with E-state index >= 15 is 0 Å². The van der Waals surface area contributed by atoms with E-state index in [1.165, 1.54) is 30.5 Å². The Kier molecular flexibility index (Phi) is 4.54. The van der Waals surface area contributed by atoms with Crippen molar-refractivity contribution in [3.8, 4) is 17.1 Å². The average Bonchev–Trinajstić information content (AvgIpc) is 3.04. The van der Waals surface area contributed by atoms with Crippen LogP contribution in [-0.4, -0.2) is 16.2 Å². The number of phenols is 1. The molecule has 6 nitrogen and oxygen atoms in total. The molecule has 1 aromatic heterocycles. The first-order valence-electron chi connectivity index (χ1n) is 7.32. The van der Waals surface area contributed by atoms with E-state index in [9.17, 15) is 15.2 Å². The Morgan fingerprint density at radius 2 is 2.00 bits per heavy atom. The number of hydrogen-bond donors (Lipinski definition) is 1. The van der Waals surface area contributed by atoms with E-state index in [1.54, 1.807) is 24.3 Å². The van der Waals surface area contributed by atoms with Crippen molar-refractivity contribution in [3.05, 3.63) is 75.0 Å². The van der Waals surface area contributed by atoms with Crippen molar-refractivity contribution in [2.45, 2.75) is 6.92 Å². The van der Waals surface area contributed by atoms with E-state index in [0.29, 0.717) is 27.8 Å². The zero-order valence-electron chi connectivity index (χ0n) is 13.1. The third-order valence-corrected chi connectivity index (χ3v) is 3.83. The summed E-state index contributed by atoms with van der Waals surface area (Å²) in [5.41, 5.74) is 1.81. The molecule has 0 amide bonds. The average molecular weight is 357 g/mol. The van der Waals surface area contributed by atoms with Crippen molar-refractivity contribution >= 4 is 29.2 Å². The zero-order valence-corrected chi connectivity index (χ0v) is 13.9. The highest BCUT2D eigenvalue weighted by molar-refractivity contribution is 6.30. The molecule has 126 valence electrons. The van der Waals surface area contributed by atoms with E-state index in [4.69, 9.17) is 16.0 Å². The molecule has 0 saturated heterocycles. The molecule has 0 spiro atoms. The number of hydrogen-bond acceptors (Lipinski definition) is 5. The topological polar surface area (TPSA) is 88.9 Å². The molecule has 1 N–H and O–H groups in total. The Morgan fingerprint density at radius 1 is 1.20 bits per heavy atom. The number of phenolic OH excluding ortho intramolecular Hbond substituents is 1. The number of aryl methyl sites for hydroxylation is 1. The monoisotopic (exact) mass is 356 g/mol. The molecule has 3 rings (SSSR count). The molecule has 0 saturated carbocycles. The van der Waals surface area contributed by atoms with Crippen LogP contribution in [0.2, 0.25) is 5.02 Å². The van der Waals surface area contributed by atoms with Crippen LogP contribution in [0.4, 0.5) is 11.4 Å². The van der Waals surface area contributed by atoms with Crippen LogP contribution in [0.1, 0.15) is 11.3 Å². The molecule has 25 heavy (non-hydrogen) atoms. The summed E-state index contributed by atoms with van der Waals surface area (Å²) in [6.45, 7) is 1.85. The Morgan fingerprint density at radius 3 is 2.76 bits per heavy atom. The predicted molar refractivity (Wildman–Crippen MR) is 95.9 cm³/mol. The maximum absolute atomic E-state index is 10.9. The van der Waals surface area contributed by atoms with Gasteiger partial charge in [-0.1, -0.05) is 17.7 Å². The van der Waals surface area contributed by atoms with E-state index in [0.717, 1.165) is 5.56 Å². The van der Waals surface area contributed by atoms with Crippen LogP contribution in [0.25, 0.3) is 11.3 Å². The Hall–Kier alpha value is -3.12. The van der Waals surface area contributed by atoms with E-state index in [1.807, 2.05) is 6.92 Å². The van der Waals surface area contributed by atoms with E-state index < -0.39 is 4.92 Å². The summed E-state index contributed by atoms with van der Waals surface area (Å²) in [4.78, 5) is 14.6. The Bertz CT molecular complexity index is 979. The predicted octanol–water partition coefficient (Wildman–Crippen LogP) is 5.27. The summed E-state index contributed by atoms with van der Waals surface area (Å²) < 4.78 is 5.69. The fraction of sp³-hybridized carbons (Fsp3) is 0.0556. The smallest absolute Gasteiger partial charge is 0.270 e. The SMILES string of the molecule is Cc1ccc([N+](=O)[O-])cc1-c1ccc(C=Nc2cc(Cl)ccc2O)o1. The van der Waals surface area contributed by atoms with Gasteiger partial charge < -0.3 is 9.52 Å². The lowest BCUT2D eigenvalue weighted by atomic mass is 10.1. The van der Waals surface area contributed by atoms with Crippen LogP contribution in [-0.2, 0) is 0 Å². The lowest BCUT2D eigenvalue weighted by Gasteiger charge is -2.02. The highest BCUT2D eigenvalue weighted by atomic mass is 35.5. The molecular weight excluding hydrogens is 344 g/mol. The number of non-ortho nitro benzene ring substituents is 1. The van der Waals surface area contributed by atoms with Gasteiger partial charge in [-0.25, -0.2) is 4.99 Å². The lowest BCUT2D eigenvalue weighted by Crippen LogP contribution is -1.90. The maximum Gasteiger partial charge on any atom is 0.270 e. The van der Waals surface area contributed by atoms with E-state index in [2.05, 4.69) is 4.99 Å². The number of nitro benzene ring substituents is 1. The van der Waals surface area contributed by atoms with Crippen LogP contribution in [0.5, 0.6) is 5.75 Å². The molecule has 7 heteroatoms. The van der Waals surface area contributed by atoms with Gasteiger partial charge in [0.15, 0.2) is 0 Å². The number of nitro groups is 1. The second-order valence-corrected chi connectivity index (χ2v) is 5.79. The van der Waals surface area contributed by atoms with Gasteiger partial charge in [0.25, 0.3) is 5.69 Å². The molecule has 0 aliphatic rings. The van der Waals surface area contributed by atoms with Crippen LogP contribution in [0, 0.1) is 17.0 Å². The highest BCUT2D eigenvalue weighted by Crippen LogP contribution is 2.31. The van der Waals surface area contributed by atoms with Gasteiger partial charge in [-0.15, -0.1) is 0 Å². The first-order valence-corrected chi connectivity index (χ1v) is 7.69. The number of halogens is 1. The highest BCUT2D eigenvalue weighted by Gasteiger charge is 2.13. The molecule has 3 aromatic rings. The molecular formula is C18H13ClN2O4. The fourth-order valence-corrected chi connectivity index (χ4v) is 2.46. The number of aliphatic imine (C=N–C) groups is 1. The number of rotatable bonds is 4. The molecule has 0 aliphatic heterocycles. The zero-order chi connectivity index (χ0) is 18.0. The second-order valence-electron chi connectivity index (χ2n) is 5.35. The summed E-state index contributed by atoms with van der Waals surface area (Å²) >= 11 is 5.88. The van der Waals surface area contributed by atoms with Crippen molar-refractivity contribution in [2.75, 3.05) is 0 Å². The largest absolute Gasteiger partial charge is 0.506 e. The summed E-state index contributed by atoms with van der Waals surface area (Å²) in [6.07, 6.45) is 1.45. The van der Waals surface area contributed by atoms with Crippen LogP contribution in [0.15, 0.2) is 57.9 Å². The standard InChI is InChI=1S/C18H13ClN2O4/c1-11-2-4-13(21(23)24)9-15(11)18-7-5-14(25-18)10-20-16-8-12(19)3-6-17(16)22/h2-10,22H,1H3. The van der Waals surface area contributed by atoms with Crippen molar-refractivity contribution in [3.63, 3.8) is 0 Å². The fourth-order valence-electron chi connectivity index (χ4n) is 2.29. The molecule has 0 radical (unpaired) electrons. The number of nitrogens with zero attached hydrogens (tertiary/aromatic N) is 2. The van der Waals surface area contributed by atoms with Crippen LogP contribution < -0.4 is 0 Å². The number of aromatic hydroxyl groups is 1. The maximum atomic E-state index is 10.9. The molecule has 0 unspecified atom stereocenters. The van der Waals surface area contributed by atoms with Crippen LogP contribution >= 0.6 is 11.6 Å². The van der Waals surface area contributed by atoms with Gasteiger partial charge in [-0.05, 0) is 42.8 Å². The third-order valence-electron chi connectivity index (χ3n) is 3.59.